The molecule has 2 rings (SSSR count). The molecule has 0 radical (unpaired) electrons. The third-order valence-corrected chi connectivity index (χ3v) is 2.91. The van der Waals surface area contributed by atoms with Gasteiger partial charge in [0.2, 0.25) is 0 Å². The highest BCUT2D eigenvalue weighted by molar-refractivity contribution is 5.19. The van der Waals surface area contributed by atoms with Crippen LogP contribution in [0.4, 0.5) is 0 Å². The number of quaternary nitrogens is 1. The molecule has 1 heteroatoms. The van der Waals surface area contributed by atoms with E-state index >= 15 is 0 Å². The van der Waals surface area contributed by atoms with Crippen LogP contribution in [0.25, 0.3) is 0 Å². The average Bonchev–Trinajstić information content (AvgIpc) is 2.06. The minimum Gasteiger partial charge on any atom is -0.314 e. The third-order valence-electron chi connectivity index (χ3n) is 2.91. The molecule has 2 aliphatic rings. The summed E-state index contributed by atoms with van der Waals surface area (Å²) in [5.41, 5.74) is 1.66. The van der Waals surface area contributed by atoms with Crippen molar-refractivity contribution in [2.75, 3.05) is 0 Å². The molecule has 0 aromatic carbocycles. The molecule has 0 aromatic heterocycles. The fourth-order valence-electron chi connectivity index (χ4n) is 2.21. The van der Waals surface area contributed by atoms with Gasteiger partial charge in [0.15, 0.2) is 0 Å². The molecule has 2 atom stereocenters. The summed E-state index contributed by atoms with van der Waals surface area (Å²) in [6.07, 6.45) is 10.8. The van der Waals surface area contributed by atoms with Gasteiger partial charge in [-0.25, -0.2) is 0 Å². The summed E-state index contributed by atoms with van der Waals surface area (Å²) in [5.74, 6) is 0.875. The van der Waals surface area contributed by atoms with Crippen LogP contribution in [-0.2, 0) is 0 Å². The van der Waals surface area contributed by atoms with Gasteiger partial charge < -0.3 is 5.32 Å². The Balaban J connectivity index is 2.18. The van der Waals surface area contributed by atoms with Gasteiger partial charge in [-0.05, 0) is 30.9 Å². The SMILES string of the molecule is CC1CCCC2=CC=C[NH2+]C21. The van der Waals surface area contributed by atoms with Crippen LogP contribution >= 0.6 is 0 Å². The van der Waals surface area contributed by atoms with Crippen LogP contribution in [0.1, 0.15) is 26.2 Å². The second kappa shape index (κ2) is 2.82. The van der Waals surface area contributed by atoms with Crippen LogP contribution in [0.15, 0.2) is 23.9 Å². The predicted octanol–water partition coefficient (Wildman–Crippen LogP) is 1.19. The van der Waals surface area contributed by atoms with Crippen molar-refractivity contribution in [3.63, 3.8) is 0 Å². The van der Waals surface area contributed by atoms with Gasteiger partial charge in [-0.3, -0.25) is 0 Å². The molecule has 0 bridgehead atoms. The van der Waals surface area contributed by atoms with Crippen molar-refractivity contribution in [2.45, 2.75) is 32.2 Å². The van der Waals surface area contributed by atoms with Crippen molar-refractivity contribution < 1.29 is 5.32 Å². The third kappa shape index (κ3) is 1.25. The summed E-state index contributed by atoms with van der Waals surface area (Å²) < 4.78 is 0. The lowest BCUT2D eigenvalue weighted by Gasteiger charge is -2.29. The highest BCUT2D eigenvalue weighted by Gasteiger charge is 2.28. The molecular formula is C10H16N+. The van der Waals surface area contributed by atoms with E-state index in [0.29, 0.717) is 0 Å². The van der Waals surface area contributed by atoms with Gasteiger partial charge in [-0.1, -0.05) is 13.0 Å². The van der Waals surface area contributed by atoms with Gasteiger partial charge in [0.1, 0.15) is 6.04 Å². The first-order chi connectivity index (χ1) is 5.38. The first-order valence-corrected chi connectivity index (χ1v) is 4.58. The van der Waals surface area contributed by atoms with Gasteiger partial charge in [-0.2, -0.15) is 0 Å². The molecule has 1 aliphatic carbocycles. The first kappa shape index (κ1) is 7.11. The maximum atomic E-state index is 2.37. The van der Waals surface area contributed by atoms with Crippen LogP contribution in [-0.4, -0.2) is 6.04 Å². The molecular weight excluding hydrogens is 134 g/mol. The Morgan fingerprint density at radius 2 is 2.45 bits per heavy atom. The van der Waals surface area contributed by atoms with Gasteiger partial charge >= 0.3 is 0 Å². The quantitative estimate of drug-likeness (QED) is 0.534. The van der Waals surface area contributed by atoms with E-state index in [4.69, 9.17) is 0 Å². The molecule has 11 heavy (non-hydrogen) atoms. The van der Waals surface area contributed by atoms with E-state index in [9.17, 15) is 0 Å². The Hall–Kier alpha value is -0.560. The van der Waals surface area contributed by atoms with Gasteiger partial charge in [0.05, 0.1) is 6.20 Å². The van der Waals surface area contributed by atoms with Crippen molar-refractivity contribution in [1.82, 2.24) is 0 Å². The van der Waals surface area contributed by atoms with Crippen LogP contribution < -0.4 is 5.32 Å². The topological polar surface area (TPSA) is 16.6 Å². The second-order valence-corrected chi connectivity index (χ2v) is 3.71. The van der Waals surface area contributed by atoms with Gasteiger partial charge in [0, 0.05) is 5.92 Å². The van der Waals surface area contributed by atoms with Gasteiger partial charge in [0.25, 0.3) is 0 Å². The summed E-state index contributed by atoms with van der Waals surface area (Å²) in [7, 11) is 0. The lowest BCUT2D eigenvalue weighted by molar-refractivity contribution is -0.627. The maximum absolute atomic E-state index is 2.37. The summed E-state index contributed by atoms with van der Waals surface area (Å²) in [5, 5.41) is 2.36. The van der Waals surface area contributed by atoms with E-state index < -0.39 is 0 Å². The molecule has 2 unspecified atom stereocenters. The molecule has 1 fully saturated rings. The highest BCUT2D eigenvalue weighted by atomic mass is 14.9. The highest BCUT2D eigenvalue weighted by Crippen LogP contribution is 2.27. The number of nitrogens with two attached hydrogens (primary N) is 1. The van der Waals surface area contributed by atoms with Crippen LogP contribution in [0.3, 0.4) is 0 Å². The lowest BCUT2D eigenvalue weighted by Crippen LogP contribution is -2.87. The smallest absolute Gasteiger partial charge is 0.115 e. The molecule has 0 saturated heterocycles. The summed E-state index contributed by atoms with van der Waals surface area (Å²) in [4.78, 5) is 0. The normalized spacial score (nSPS) is 36.3. The van der Waals surface area contributed by atoms with Crippen molar-refractivity contribution >= 4 is 0 Å². The molecule has 1 aliphatic heterocycles. The number of rotatable bonds is 0. The van der Waals surface area contributed by atoms with Crippen molar-refractivity contribution in [3.05, 3.63) is 23.9 Å². The molecule has 0 aromatic rings. The molecule has 60 valence electrons. The average molecular weight is 150 g/mol. The van der Waals surface area contributed by atoms with Crippen molar-refractivity contribution in [2.24, 2.45) is 5.92 Å². The van der Waals surface area contributed by atoms with Crippen molar-refractivity contribution in [1.29, 1.82) is 0 Å². The Morgan fingerprint density at radius 3 is 3.27 bits per heavy atom. The summed E-state index contributed by atoms with van der Waals surface area (Å²) >= 11 is 0. The summed E-state index contributed by atoms with van der Waals surface area (Å²) in [6.45, 7) is 2.37. The fourth-order valence-corrected chi connectivity index (χ4v) is 2.21. The number of fused-ring (bicyclic) bond motifs is 1. The molecule has 1 nitrogen and oxygen atoms in total. The number of hydrogen-bond donors (Lipinski definition) is 1. The largest absolute Gasteiger partial charge is 0.314 e. The minimum absolute atomic E-state index is 0.772. The zero-order valence-electron chi connectivity index (χ0n) is 7.09. The Bertz CT molecular complexity index is 203. The maximum Gasteiger partial charge on any atom is 0.115 e. The molecule has 1 heterocycles. The Labute approximate surface area is 68.2 Å². The van der Waals surface area contributed by atoms with E-state index in [0.717, 1.165) is 12.0 Å². The van der Waals surface area contributed by atoms with E-state index in [2.05, 4.69) is 30.6 Å². The van der Waals surface area contributed by atoms with E-state index in [1.54, 1.807) is 5.57 Å². The standard InChI is InChI=1S/C10H15N/c1-8-4-2-5-9-6-3-7-11-10(8)9/h3,6-8,10-11H,2,4-5H2,1H3/p+1. The molecule has 0 amide bonds. The van der Waals surface area contributed by atoms with Crippen LogP contribution in [0.2, 0.25) is 0 Å². The minimum atomic E-state index is 0.772. The zero-order chi connectivity index (χ0) is 7.68. The fraction of sp³-hybridized carbons (Fsp3) is 0.600. The summed E-state index contributed by atoms with van der Waals surface area (Å²) in [6, 6.07) is 0.772. The lowest BCUT2D eigenvalue weighted by atomic mass is 9.81. The monoisotopic (exact) mass is 150 g/mol. The van der Waals surface area contributed by atoms with E-state index in [-0.39, 0.29) is 0 Å². The second-order valence-electron chi connectivity index (χ2n) is 3.71. The van der Waals surface area contributed by atoms with Crippen LogP contribution in [0.5, 0.6) is 0 Å². The number of hydrogen-bond acceptors (Lipinski definition) is 0. The van der Waals surface area contributed by atoms with Crippen molar-refractivity contribution in [3.8, 4) is 0 Å². The van der Waals surface area contributed by atoms with Gasteiger partial charge in [-0.15, -0.1) is 0 Å². The van der Waals surface area contributed by atoms with Crippen LogP contribution in [0, 0.1) is 5.92 Å². The molecule has 0 spiro atoms. The number of allylic oxidation sites excluding steroid dienone is 2. The van der Waals surface area contributed by atoms with E-state index in [1.807, 2.05) is 0 Å². The molecule has 1 saturated carbocycles. The molecule has 2 N–H and O–H groups in total. The Kier molecular flexibility index (Phi) is 1.82. The predicted molar refractivity (Wildman–Crippen MR) is 46.0 cm³/mol. The first-order valence-electron chi connectivity index (χ1n) is 4.58. The Morgan fingerprint density at radius 1 is 1.55 bits per heavy atom. The zero-order valence-corrected chi connectivity index (χ0v) is 7.09. The van der Waals surface area contributed by atoms with E-state index in [1.165, 1.54) is 19.3 Å².